The smallest absolute Gasteiger partial charge is 0.321 e. The van der Waals surface area contributed by atoms with E-state index in [4.69, 9.17) is 9.72 Å². The molecule has 172 valence electrons. The van der Waals surface area contributed by atoms with Gasteiger partial charge in [-0.25, -0.2) is 4.98 Å². The van der Waals surface area contributed by atoms with E-state index in [2.05, 4.69) is 0 Å². The number of nitrogens with zero attached hydrogens (tertiary/aromatic N) is 3. The van der Waals surface area contributed by atoms with Crippen LogP contribution in [0.3, 0.4) is 0 Å². The summed E-state index contributed by atoms with van der Waals surface area (Å²) in [6.07, 6.45) is 0.653. The molecule has 4 aromatic rings. The van der Waals surface area contributed by atoms with Gasteiger partial charge < -0.3 is 9.30 Å². The number of fused-ring (bicyclic) bond motifs is 3. The van der Waals surface area contributed by atoms with E-state index in [9.17, 15) is 9.59 Å². The summed E-state index contributed by atoms with van der Waals surface area (Å²) in [6, 6.07) is 25.3. The molecule has 1 aliphatic heterocycles. The molecular formula is C28H27N3O3. The summed E-state index contributed by atoms with van der Waals surface area (Å²) < 4.78 is 7.46. The lowest BCUT2D eigenvalue weighted by Crippen LogP contribution is -2.50. The van der Waals surface area contributed by atoms with Crippen molar-refractivity contribution < 1.29 is 14.3 Å². The normalized spacial score (nSPS) is 17.6. The van der Waals surface area contributed by atoms with Gasteiger partial charge in [0.1, 0.15) is 0 Å². The highest BCUT2D eigenvalue weighted by Gasteiger charge is 2.47. The third-order valence-electron chi connectivity index (χ3n) is 6.37. The third kappa shape index (κ3) is 3.85. The summed E-state index contributed by atoms with van der Waals surface area (Å²) in [4.78, 5) is 33.7. The molecule has 3 aromatic carbocycles. The van der Waals surface area contributed by atoms with Gasteiger partial charge in [0.15, 0.2) is 5.92 Å². The predicted octanol–water partition coefficient (Wildman–Crippen LogP) is 4.70. The second kappa shape index (κ2) is 9.14. The lowest BCUT2D eigenvalue weighted by atomic mass is 9.89. The Kier molecular flexibility index (Phi) is 5.88. The quantitative estimate of drug-likeness (QED) is 0.314. The molecule has 0 unspecified atom stereocenters. The summed E-state index contributed by atoms with van der Waals surface area (Å²) in [7, 11) is 0. The van der Waals surface area contributed by atoms with Gasteiger partial charge in [0.05, 0.1) is 23.7 Å². The molecule has 0 N–H and O–H groups in total. The SMILES string of the molecule is CCOC(=O)[C@H]1C(=O)N(CCc2ccccc2)c2nc3ccccc3n2[C@H]1c1ccc(C)cc1. The Balaban J connectivity index is 1.68. The van der Waals surface area contributed by atoms with Gasteiger partial charge in [0.25, 0.3) is 0 Å². The first-order valence-electron chi connectivity index (χ1n) is 11.6. The first-order valence-corrected chi connectivity index (χ1v) is 11.6. The Morgan fingerprint density at radius 1 is 0.971 bits per heavy atom. The number of carbonyl (C=O) groups excluding carboxylic acids is 2. The Hall–Kier alpha value is -3.93. The molecule has 0 aliphatic carbocycles. The van der Waals surface area contributed by atoms with Gasteiger partial charge in [-0.3, -0.25) is 14.5 Å². The molecular weight excluding hydrogens is 426 g/mol. The lowest BCUT2D eigenvalue weighted by Gasteiger charge is -2.38. The van der Waals surface area contributed by atoms with E-state index in [1.807, 2.05) is 90.4 Å². The summed E-state index contributed by atoms with van der Waals surface area (Å²) in [6.45, 7) is 4.41. The number of aryl methyl sites for hydroxylation is 1. The molecule has 0 saturated heterocycles. The van der Waals surface area contributed by atoms with Crippen molar-refractivity contribution in [1.29, 1.82) is 0 Å². The maximum atomic E-state index is 13.9. The van der Waals surface area contributed by atoms with Crippen molar-refractivity contribution in [3.8, 4) is 0 Å². The van der Waals surface area contributed by atoms with Crippen LogP contribution in [0.15, 0.2) is 78.9 Å². The molecule has 6 heteroatoms. The number of hydrogen-bond acceptors (Lipinski definition) is 4. The van der Waals surface area contributed by atoms with E-state index in [1.165, 1.54) is 0 Å². The fourth-order valence-corrected chi connectivity index (χ4v) is 4.71. The van der Waals surface area contributed by atoms with E-state index in [-0.39, 0.29) is 12.5 Å². The number of carbonyl (C=O) groups is 2. The number of rotatable bonds is 6. The minimum atomic E-state index is -0.997. The van der Waals surface area contributed by atoms with Crippen LogP contribution in [0.25, 0.3) is 11.0 Å². The minimum absolute atomic E-state index is 0.213. The maximum absolute atomic E-state index is 13.9. The average Bonchev–Trinajstić information content (AvgIpc) is 3.23. The summed E-state index contributed by atoms with van der Waals surface area (Å²) in [5, 5.41) is 0. The molecule has 2 atom stereocenters. The molecule has 1 amide bonds. The summed E-state index contributed by atoms with van der Waals surface area (Å²) >= 11 is 0. The molecule has 0 saturated carbocycles. The van der Waals surface area contributed by atoms with E-state index in [1.54, 1.807) is 11.8 Å². The van der Waals surface area contributed by atoms with Gasteiger partial charge in [-0.05, 0) is 43.5 Å². The van der Waals surface area contributed by atoms with E-state index >= 15 is 0 Å². The van der Waals surface area contributed by atoms with Crippen molar-refractivity contribution in [3.05, 3.63) is 95.6 Å². The van der Waals surface area contributed by atoms with Crippen LogP contribution in [0.2, 0.25) is 0 Å². The average molecular weight is 454 g/mol. The number of benzene rings is 3. The molecule has 1 aromatic heterocycles. The van der Waals surface area contributed by atoms with Crippen LogP contribution in [0.4, 0.5) is 5.95 Å². The molecule has 6 nitrogen and oxygen atoms in total. The molecule has 2 heterocycles. The largest absolute Gasteiger partial charge is 0.465 e. The second-order valence-corrected chi connectivity index (χ2v) is 8.58. The molecule has 34 heavy (non-hydrogen) atoms. The van der Waals surface area contributed by atoms with Crippen LogP contribution in [0.1, 0.15) is 29.7 Å². The fraction of sp³-hybridized carbons (Fsp3) is 0.250. The zero-order chi connectivity index (χ0) is 23.7. The number of ether oxygens (including phenoxy) is 1. The molecule has 0 bridgehead atoms. The molecule has 0 fully saturated rings. The highest BCUT2D eigenvalue weighted by atomic mass is 16.5. The Bertz CT molecular complexity index is 1330. The number of aromatic nitrogens is 2. The van der Waals surface area contributed by atoms with Crippen molar-refractivity contribution in [2.24, 2.45) is 5.92 Å². The molecule has 0 spiro atoms. The number of amides is 1. The Morgan fingerprint density at radius 3 is 2.41 bits per heavy atom. The van der Waals surface area contributed by atoms with Crippen LogP contribution in [0, 0.1) is 12.8 Å². The predicted molar refractivity (Wildman–Crippen MR) is 132 cm³/mol. The monoisotopic (exact) mass is 453 g/mol. The van der Waals surface area contributed by atoms with Gasteiger partial charge >= 0.3 is 5.97 Å². The van der Waals surface area contributed by atoms with Gasteiger partial charge in [-0.2, -0.15) is 0 Å². The number of imidazole rings is 1. The van der Waals surface area contributed by atoms with Crippen LogP contribution in [0.5, 0.6) is 0 Å². The topological polar surface area (TPSA) is 64.4 Å². The molecule has 5 rings (SSSR count). The van der Waals surface area contributed by atoms with Crippen molar-refractivity contribution in [2.45, 2.75) is 26.3 Å². The van der Waals surface area contributed by atoms with Crippen LogP contribution >= 0.6 is 0 Å². The van der Waals surface area contributed by atoms with Gasteiger partial charge in [-0.15, -0.1) is 0 Å². The zero-order valence-corrected chi connectivity index (χ0v) is 19.3. The lowest BCUT2D eigenvalue weighted by molar-refractivity contribution is -0.153. The van der Waals surface area contributed by atoms with Crippen molar-refractivity contribution >= 4 is 28.9 Å². The number of anilines is 1. The molecule has 0 radical (unpaired) electrons. The van der Waals surface area contributed by atoms with Gasteiger partial charge in [0.2, 0.25) is 11.9 Å². The fourth-order valence-electron chi connectivity index (χ4n) is 4.71. The second-order valence-electron chi connectivity index (χ2n) is 8.58. The van der Waals surface area contributed by atoms with Crippen LogP contribution in [-0.4, -0.2) is 34.6 Å². The minimum Gasteiger partial charge on any atom is -0.465 e. The Labute approximate surface area is 198 Å². The van der Waals surface area contributed by atoms with Crippen molar-refractivity contribution in [1.82, 2.24) is 9.55 Å². The first-order chi connectivity index (χ1) is 16.6. The third-order valence-corrected chi connectivity index (χ3v) is 6.37. The van der Waals surface area contributed by atoms with Crippen molar-refractivity contribution in [3.63, 3.8) is 0 Å². The van der Waals surface area contributed by atoms with E-state index in [0.717, 1.165) is 27.7 Å². The van der Waals surface area contributed by atoms with E-state index in [0.29, 0.717) is 18.9 Å². The van der Waals surface area contributed by atoms with E-state index < -0.39 is 17.9 Å². The Morgan fingerprint density at radius 2 is 1.68 bits per heavy atom. The number of para-hydroxylation sites is 2. The zero-order valence-electron chi connectivity index (χ0n) is 19.3. The van der Waals surface area contributed by atoms with Gasteiger partial charge in [-0.1, -0.05) is 72.3 Å². The van der Waals surface area contributed by atoms with Gasteiger partial charge in [0, 0.05) is 6.54 Å². The standard InChI is InChI=1S/C28H27N3O3/c1-3-34-27(33)24-25(21-15-13-19(2)14-16-21)31-23-12-8-7-11-22(23)29-28(31)30(26(24)32)18-17-20-9-5-4-6-10-20/h4-16,24-25H,3,17-18H2,1-2H3/t24-,25+/m1/s1. The van der Waals surface area contributed by atoms with Crippen LogP contribution < -0.4 is 4.90 Å². The summed E-state index contributed by atoms with van der Waals surface area (Å²) in [5.74, 6) is -1.22. The highest BCUT2D eigenvalue weighted by molar-refractivity contribution is 6.08. The van der Waals surface area contributed by atoms with Crippen LogP contribution in [-0.2, 0) is 20.7 Å². The van der Waals surface area contributed by atoms with Crippen molar-refractivity contribution in [2.75, 3.05) is 18.1 Å². The maximum Gasteiger partial charge on any atom is 0.321 e. The number of hydrogen-bond donors (Lipinski definition) is 0. The number of esters is 1. The molecule has 1 aliphatic rings. The highest BCUT2D eigenvalue weighted by Crippen LogP contribution is 2.41. The first kappa shape index (κ1) is 21.9. The summed E-state index contributed by atoms with van der Waals surface area (Å²) in [5.41, 5.74) is 4.78.